The fourth-order valence-corrected chi connectivity index (χ4v) is 3.94. The number of hydrogen-bond acceptors (Lipinski definition) is 5. The summed E-state index contributed by atoms with van der Waals surface area (Å²) in [6.45, 7) is 2.74. The molecule has 1 aliphatic rings. The van der Waals surface area contributed by atoms with Crippen LogP contribution in [0.25, 0.3) is 10.6 Å². The molecule has 2 heterocycles. The van der Waals surface area contributed by atoms with Crippen molar-refractivity contribution in [1.82, 2.24) is 9.88 Å². The van der Waals surface area contributed by atoms with E-state index < -0.39 is 0 Å². The number of methoxy groups -OCH3 is 1. The van der Waals surface area contributed by atoms with E-state index in [0.717, 1.165) is 42.1 Å². The van der Waals surface area contributed by atoms with E-state index in [-0.39, 0.29) is 18.0 Å². The van der Waals surface area contributed by atoms with Crippen molar-refractivity contribution in [2.24, 2.45) is 5.73 Å². The van der Waals surface area contributed by atoms with Crippen molar-refractivity contribution >= 4 is 17.2 Å². The number of likely N-dealkylation sites (tertiary alicyclic amines) is 1. The van der Waals surface area contributed by atoms with Crippen LogP contribution in [0.1, 0.15) is 36.7 Å². The number of carbonyl (C=O) groups excluding carboxylic acids is 1. The van der Waals surface area contributed by atoms with Gasteiger partial charge in [0.25, 0.3) is 5.91 Å². The van der Waals surface area contributed by atoms with Crippen molar-refractivity contribution in [3.05, 3.63) is 35.3 Å². The second kappa shape index (κ2) is 7.32. The average Bonchev–Trinajstić information content (AvgIpc) is 3.11. The minimum atomic E-state index is -0.0195. The predicted molar refractivity (Wildman–Crippen MR) is 96.4 cm³/mol. The monoisotopic (exact) mass is 345 g/mol. The first kappa shape index (κ1) is 16.9. The lowest BCUT2D eigenvalue weighted by Gasteiger charge is -2.37. The smallest absolute Gasteiger partial charge is 0.273 e. The summed E-state index contributed by atoms with van der Waals surface area (Å²) in [5, 5.41) is 2.68. The SMILES string of the molecule is COc1ccc(-c2nc(C(=O)N3CCCCC3C(C)N)cs2)cc1. The van der Waals surface area contributed by atoms with Gasteiger partial charge in [0, 0.05) is 29.6 Å². The van der Waals surface area contributed by atoms with Crippen LogP contribution in [0.2, 0.25) is 0 Å². The summed E-state index contributed by atoms with van der Waals surface area (Å²) in [5.74, 6) is 0.799. The summed E-state index contributed by atoms with van der Waals surface area (Å²) >= 11 is 1.49. The van der Waals surface area contributed by atoms with Crippen molar-refractivity contribution in [2.75, 3.05) is 13.7 Å². The third-order valence-electron chi connectivity index (χ3n) is 4.48. The molecule has 3 rings (SSSR count). The molecule has 2 N–H and O–H groups in total. The molecule has 1 saturated heterocycles. The molecule has 0 bridgehead atoms. The Bertz CT molecular complexity index is 697. The maximum atomic E-state index is 12.9. The Balaban J connectivity index is 1.79. The third kappa shape index (κ3) is 3.44. The van der Waals surface area contributed by atoms with Crippen molar-refractivity contribution in [3.8, 4) is 16.3 Å². The average molecular weight is 345 g/mol. The van der Waals surface area contributed by atoms with E-state index >= 15 is 0 Å². The van der Waals surface area contributed by atoms with Crippen molar-refractivity contribution in [1.29, 1.82) is 0 Å². The molecule has 1 amide bonds. The molecule has 0 spiro atoms. The molecule has 6 heteroatoms. The number of thiazole rings is 1. The van der Waals surface area contributed by atoms with Gasteiger partial charge in [-0.25, -0.2) is 4.98 Å². The number of piperidine rings is 1. The first-order valence-electron chi connectivity index (χ1n) is 8.26. The number of benzene rings is 1. The highest BCUT2D eigenvalue weighted by atomic mass is 32.1. The highest BCUT2D eigenvalue weighted by Crippen LogP contribution is 2.27. The van der Waals surface area contributed by atoms with E-state index in [1.807, 2.05) is 41.5 Å². The number of carbonyl (C=O) groups is 1. The molecule has 0 saturated carbocycles. The molecule has 2 atom stereocenters. The highest BCUT2D eigenvalue weighted by Gasteiger charge is 2.30. The van der Waals surface area contributed by atoms with E-state index in [2.05, 4.69) is 4.98 Å². The minimum absolute atomic E-state index is 0.00647. The lowest BCUT2D eigenvalue weighted by atomic mass is 9.96. The Hall–Kier alpha value is -1.92. The molecule has 2 unspecified atom stereocenters. The van der Waals surface area contributed by atoms with Gasteiger partial charge in [0.05, 0.1) is 7.11 Å². The molecule has 1 aromatic heterocycles. The van der Waals surface area contributed by atoms with Gasteiger partial charge in [-0.15, -0.1) is 11.3 Å². The van der Waals surface area contributed by atoms with Crippen LogP contribution in [0.15, 0.2) is 29.6 Å². The Kier molecular flexibility index (Phi) is 5.16. The summed E-state index contributed by atoms with van der Waals surface area (Å²) in [4.78, 5) is 19.3. The predicted octanol–water partition coefficient (Wildman–Crippen LogP) is 3.16. The van der Waals surface area contributed by atoms with Gasteiger partial charge in [-0.3, -0.25) is 4.79 Å². The molecule has 0 aliphatic carbocycles. The maximum absolute atomic E-state index is 12.9. The van der Waals surface area contributed by atoms with Gasteiger partial charge in [-0.05, 0) is 50.5 Å². The zero-order chi connectivity index (χ0) is 17.1. The molecule has 5 nitrogen and oxygen atoms in total. The summed E-state index contributed by atoms with van der Waals surface area (Å²) in [5.41, 5.74) is 7.57. The standard InChI is InChI=1S/C18H23N3O2S/c1-12(19)16-5-3-4-10-21(16)18(22)15-11-24-17(20-15)13-6-8-14(23-2)9-7-13/h6-9,11-12,16H,3-5,10,19H2,1-2H3. The van der Waals surface area contributed by atoms with Crippen LogP contribution in [-0.2, 0) is 0 Å². The molecule has 0 radical (unpaired) electrons. The van der Waals surface area contributed by atoms with Gasteiger partial charge in [0.15, 0.2) is 0 Å². The van der Waals surface area contributed by atoms with Gasteiger partial charge < -0.3 is 15.4 Å². The summed E-state index contributed by atoms with van der Waals surface area (Å²) in [7, 11) is 1.64. The van der Waals surface area contributed by atoms with Crippen LogP contribution in [0.5, 0.6) is 5.75 Å². The minimum Gasteiger partial charge on any atom is -0.497 e. The van der Waals surface area contributed by atoms with Crippen LogP contribution in [0, 0.1) is 0 Å². The van der Waals surface area contributed by atoms with Crippen LogP contribution < -0.4 is 10.5 Å². The van der Waals surface area contributed by atoms with Gasteiger partial charge >= 0.3 is 0 Å². The second-order valence-corrected chi connectivity index (χ2v) is 7.05. The Labute approximate surface area is 146 Å². The van der Waals surface area contributed by atoms with Crippen LogP contribution in [0.4, 0.5) is 0 Å². The number of rotatable bonds is 4. The van der Waals surface area contributed by atoms with Gasteiger partial charge in [0.2, 0.25) is 0 Å². The first-order chi connectivity index (χ1) is 11.6. The zero-order valence-corrected chi connectivity index (χ0v) is 14.9. The highest BCUT2D eigenvalue weighted by molar-refractivity contribution is 7.13. The number of ether oxygens (including phenoxy) is 1. The van der Waals surface area contributed by atoms with E-state index in [9.17, 15) is 4.79 Å². The summed E-state index contributed by atoms with van der Waals surface area (Å²) in [6.07, 6.45) is 3.13. The van der Waals surface area contributed by atoms with Gasteiger partial charge in [0.1, 0.15) is 16.5 Å². The number of amides is 1. The van der Waals surface area contributed by atoms with E-state index in [0.29, 0.717) is 5.69 Å². The van der Waals surface area contributed by atoms with E-state index in [4.69, 9.17) is 10.5 Å². The number of nitrogens with zero attached hydrogens (tertiary/aromatic N) is 2. The fraction of sp³-hybridized carbons (Fsp3) is 0.444. The fourth-order valence-electron chi connectivity index (χ4n) is 3.14. The molecule has 1 aliphatic heterocycles. The molecule has 24 heavy (non-hydrogen) atoms. The molecule has 128 valence electrons. The normalized spacial score (nSPS) is 19.1. The molecular weight excluding hydrogens is 322 g/mol. The van der Waals surface area contributed by atoms with Crippen molar-refractivity contribution in [3.63, 3.8) is 0 Å². The zero-order valence-electron chi connectivity index (χ0n) is 14.1. The number of hydrogen-bond donors (Lipinski definition) is 1. The molecule has 2 aromatic rings. The largest absolute Gasteiger partial charge is 0.497 e. The van der Waals surface area contributed by atoms with Crippen LogP contribution in [0.3, 0.4) is 0 Å². The van der Waals surface area contributed by atoms with Crippen LogP contribution >= 0.6 is 11.3 Å². The lowest BCUT2D eigenvalue weighted by molar-refractivity contribution is 0.0578. The summed E-state index contributed by atoms with van der Waals surface area (Å²) in [6, 6.07) is 7.80. The van der Waals surface area contributed by atoms with E-state index in [1.54, 1.807) is 7.11 Å². The second-order valence-electron chi connectivity index (χ2n) is 6.19. The quantitative estimate of drug-likeness (QED) is 0.924. The number of aromatic nitrogens is 1. The van der Waals surface area contributed by atoms with Gasteiger partial charge in [-0.1, -0.05) is 0 Å². The van der Waals surface area contributed by atoms with Crippen molar-refractivity contribution in [2.45, 2.75) is 38.3 Å². The third-order valence-corrected chi connectivity index (χ3v) is 5.37. The molecule has 1 fully saturated rings. The lowest BCUT2D eigenvalue weighted by Crippen LogP contribution is -2.51. The topological polar surface area (TPSA) is 68.5 Å². The van der Waals surface area contributed by atoms with E-state index in [1.165, 1.54) is 11.3 Å². The van der Waals surface area contributed by atoms with Crippen LogP contribution in [-0.4, -0.2) is 41.5 Å². The summed E-state index contributed by atoms with van der Waals surface area (Å²) < 4.78 is 5.17. The first-order valence-corrected chi connectivity index (χ1v) is 9.14. The maximum Gasteiger partial charge on any atom is 0.273 e. The molecular formula is C18H23N3O2S. The Morgan fingerprint density at radius 1 is 1.38 bits per heavy atom. The van der Waals surface area contributed by atoms with Crippen molar-refractivity contribution < 1.29 is 9.53 Å². The number of nitrogens with two attached hydrogens (primary N) is 1. The molecule has 1 aromatic carbocycles. The Morgan fingerprint density at radius 3 is 2.79 bits per heavy atom. The Morgan fingerprint density at radius 2 is 2.12 bits per heavy atom. The van der Waals surface area contributed by atoms with Gasteiger partial charge in [-0.2, -0.15) is 0 Å².